The molecule has 1 aromatic rings. The Labute approximate surface area is 95.4 Å². The number of thiol groups is 1. The Morgan fingerprint density at radius 3 is 2.09 bits per heavy atom. The van der Waals surface area contributed by atoms with E-state index < -0.39 is 11.1 Å². The molecule has 0 saturated carbocycles. The molecule has 0 aliphatic heterocycles. The van der Waals surface area contributed by atoms with Crippen LogP contribution in [0.4, 0.5) is 0 Å². The Balaban J connectivity index is 0.000001000. The first-order valence-electron chi connectivity index (χ1n) is 2.60. The van der Waals surface area contributed by atoms with Crippen molar-refractivity contribution in [2.75, 3.05) is 0 Å². The Hall–Kier alpha value is 0.680. The zero-order chi connectivity index (χ0) is 7.56. The third kappa shape index (κ3) is 3.73. The molecule has 0 aliphatic carbocycles. The van der Waals surface area contributed by atoms with Gasteiger partial charge in [0.05, 0.1) is 4.90 Å². The van der Waals surface area contributed by atoms with Crippen LogP contribution in [0.1, 0.15) is 0 Å². The molecule has 0 spiro atoms. The summed E-state index contributed by atoms with van der Waals surface area (Å²) >= 11 is 2.15. The molecule has 0 amide bonds. The molecule has 0 aliphatic rings. The molecule has 1 aromatic carbocycles. The molecule has 0 heterocycles. The van der Waals surface area contributed by atoms with E-state index in [1.807, 2.05) is 0 Å². The van der Waals surface area contributed by atoms with Crippen molar-refractivity contribution in [3.63, 3.8) is 0 Å². The second kappa shape index (κ2) is 5.35. The maximum atomic E-state index is 10.4. The monoisotopic (exact) mass is 198 g/mol. The summed E-state index contributed by atoms with van der Waals surface area (Å²) in [5, 5.41) is 0. The van der Waals surface area contributed by atoms with Crippen LogP contribution < -0.4 is 0 Å². The van der Waals surface area contributed by atoms with Crippen LogP contribution in [-0.4, -0.2) is 38.3 Å². The van der Waals surface area contributed by atoms with E-state index >= 15 is 0 Å². The van der Waals surface area contributed by atoms with E-state index in [1.54, 1.807) is 24.3 Å². The Bertz CT molecular complexity index is 247. The van der Waals surface area contributed by atoms with Crippen molar-refractivity contribution < 1.29 is 8.76 Å². The van der Waals surface area contributed by atoms with Crippen molar-refractivity contribution in [3.05, 3.63) is 24.3 Å². The molecule has 0 aromatic heterocycles. The van der Waals surface area contributed by atoms with Gasteiger partial charge in [-0.2, -0.15) is 0 Å². The van der Waals surface area contributed by atoms with Crippen molar-refractivity contribution >= 4 is 53.3 Å². The van der Waals surface area contributed by atoms with Gasteiger partial charge in [0.1, 0.15) is 0 Å². The number of hydrogen-bond donors (Lipinski definition) is 2. The molecule has 5 heteroatoms. The Morgan fingerprint density at radius 2 is 1.73 bits per heavy atom. The van der Waals surface area contributed by atoms with Crippen LogP contribution in [0.5, 0.6) is 0 Å². The van der Waals surface area contributed by atoms with Crippen LogP contribution in [0.25, 0.3) is 0 Å². The van der Waals surface area contributed by atoms with Crippen LogP contribution >= 0.6 is 12.6 Å². The number of rotatable bonds is 1. The molecule has 2 nitrogen and oxygen atoms in total. The summed E-state index contributed by atoms with van der Waals surface area (Å²) in [6.45, 7) is 0. The van der Waals surface area contributed by atoms with Crippen molar-refractivity contribution in [2.45, 2.75) is 9.79 Å². The first-order chi connectivity index (χ1) is 4.70. The standard InChI is InChI=1S/C6H6O2S2.Na.H/c7-10(8)6-3-1-5(9)2-4-6;;/h1-4,9H,(H,7,8);;. The first-order valence-corrected chi connectivity index (χ1v) is 4.15. The summed E-state index contributed by atoms with van der Waals surface area (Å²) in [6.07, 6.45) is 0. The summed E-state index contributed by atoms with van der Waals surface area (Å²) in [6, 6.07) is 6.48. The summed E-state index contributed by atoms with van der Waals surface area (Å²) < 4.78 is 19.0. The van der Waals surface area contributed by atoms with E-state index in [1.165, 1.54) is 0 Å². The fraction of sp³-hybridized carbons (Fsp3) is 0. The van der Waals surface area contributed by atoms with Gasteiger partial charge in [-0.3, -0.25) is 0 Å². The number of benzene rings is 1. The fourth-order valence-electron chi connectivity index (χ4n) is 0.563. The average molecular weight is 198 g/mol. The zero-order valence-electron chi connectivity index (χ0n) is 5.02. The normalized spacial score (nSPS) is 11.8. The van der Waals surface area contributed by atoms with Crippen molar-refractivity contribution in [2.24, 2.45) is 0 Å². The molecular formula is C6H7NaO2S2. The SMILES string of the molecule is O=S(O)c1ccc(S)cc1.[NaH]. The van der Waals surface area contributed by atoms with Crippen molar-refractivity contribution in [1.82, 2.24) is 0 Å². The Kier molecular flexibility index (Phi) is 5.68. The van der Waals surface area contributed by atoms with E-state index in [4.69, 9.17) is 4.55 Å². The van der Waals surface area contributed by atoms with Gasteiger partial charge in [0.15, 0.2) is 11.1 Å². The van der Waals surface area contributed by atoms with E-state index in [0.29, 0.717) is 4.90 Å². The van der Waals surface area contributed by atoms with Crippen LogP contribution in [0.3, 0.4) is 0 Å². The van der Waals surface area contributed by atoms with Gasteiger partial charge in [0.25, 0.3) is 0 Å². The molecule has 0 saturated heterocycles. The van der Waals surface area contributed by atoms with Gasteiger partial charge < -0.3 is 4.55 Å². The molecule has 11 heavy (non-hydrogen) atoms. The molecule has 0 radical (unpaired) electrons. The quantitative estimate of drug-likeness (QED) is 0.400. The van der Waals surface area contributed by atoms with Gasteiger partial charge in [0, 0.05) is 4.90 Å². The van der Waals surface area contributed by atoms with E-state index in [-0.39, 0.29) is 29.6 Å². The van der Waals surface area contributed by atoms with Crippen LogP contribution in [-0.2, 0) is 11.1 Å². The molecule has 1 atom stereocenters. The minimum atomic E-state index is -1.87. The molecule has 1 rings (SSSR count). The van der Waals surface area contributed by atoms with Crippen LogP contribution in [0, 0.1) is 0 Å². The number of hydrogen-bond acceptors (Lipinski definition) is 2. The van der Waals surface area contributed by atoms with E-state index in [2.05, 4.69) is 12.6 Å². The maximum absolute atomic E-state index is 10.4. The van der Waals surface area contributed by atoms with Crippen LogP contribution in [0.15, 0.2) is 34.1 Å². The fourth-order valence-corrected chi connectivity index (χ4v) is 1.08. The first kappa shape index (κ1) is 11.7. The summed E-state index contributed by atoms with van der Waals surface area (Å²) in [4.78, 5) is 1.19. The summed E-state index contributed by atoms with van der Waals surface area (Å²) in [5.74, 6) is 0. The zero-order valence-corrected chi connectivity index (χ0v) is 6.73. The second-order valence-corrected chi connectivity index (χ2v) is 3.23. The summed E-state index contributed by atoms with van der Waals surface area (Å²) in [7, 11) is 0. The van der Waals surface area contributed by atoms with Gasteiger partial charge in [-0.1, -0.05) is 0 Å². The Morgan fingerprint density at radius 1 is 1.27 bits per heavy atom. The van der Waals surface area contributed by atoms with Gasteiger partial charge >= 0.3 is 29.6 Å². The third-order valence-corrected chi connectivity index (χ3v) is 2.01. The predicted octanol–water partition coefficient (Wildman–Crippen LogP) is 0.907. The van der Waals surface area contributed by atoms with Gasteiger partial charge in [0.2, 0.25) is 0 Å². The molecule has 1 N–H and O–H groups in total. The van der Waals surface area contributed by atoms with Crippen molar-refractivity contribution in [1.29, 1.82) is 0 Å². The van der Waals surface area contributed by atoms with Crippen LogP contribution in [0.2, 0.25) is 0 Å². The molecule has 0 bridgehead atoms. The van der Waals surface area contributed by atoms with Gasteiger partial charge in [-0.05, 0) is 24.3 Å². The third-order valence-electron chi connectivity index (χ3n) is 1.04. The van der Waals surface area contributed by atoms with E-state index in [9.17, 15) is 4.21 Å². The molecule has 1 unspecified atom stereocenters. The van der Waals surface area contributed by atoms with Crippen molar-refractivity contribution in [3.8, 4) is 0 Å². The molecular weight excluding hydrogens is 191 g/mol. The summed E-state index contributed by atoms with van der Waals surface area (Å²) in [5.41, 5.74) is 0. The predicted molar refractivity (Wildman–Crippen MR) is 49.9 cm³/mol. The molecule has 0 fully saturated rings. The van der Waals surface area contributed by atoms with Gasteiger partial charge in [-0.15, -0.1) is 12.6 Å². The van der Waals surface area contributed by atoms with Gasteiger partial charge in [-0.25, -0.2) is 4.21 Å². The molecule has 56 valence electrons. The minimum absolute atomic E-state index is 0. The topological polar surface area (TPSA) is 37.3 Å². The average Bonchev–Trinajstić information content (AvgIpc) is 1.88. The second-order valence-electron chi connectivity index (χ2n) is 1.74. The van der Waals surface area contributed by atoms with E-state index in [0.717, 1.165) is 4.90 Å².